The Morgan fingerprint density at radius 2 is 1.53 bits per heavy atom. The number of Topliss-reactive ketones (excluding diaryl/α,β-unsaturated/α-hetero) is 1. The summed E-state index contributed by atoms with van der Waals surface area (Å²) in [6.07, 6.45) is 5.90. The van der Waals surface area contributed by atoms with Gasteiger partial charge in [-0.1, -0.05) is 48.5 Å². The smallest absolute Gasteiger partial charge is 0.255 e. The second-order valence-corrected chi connectivity index (χ2v) is 9.36. The maximum Gasteiger partial charge on any atom is 0.255 e. The molecule has 2 aliphatic rings. The summed E-state index contributed by atoms with van der Waals surface area (Å²) in [6, 6.07) is 26.0. The summed E-state index contributed by atoms with van der Waals surface area (Å²) >= 11 is 0. The SMILES string of the molecule is O=C(Nc1ccc(C(=O)C2=c3ccc4c(c3CCC2)CC=c2ccccc2=4)cc1)c1cccc(O)c1. The first kappa shape index (κ1) is 22.1. The van der Waals surface area contributed by atoms with Gasteiger partial charge in [-0.15, -0.1) is 0 Å². The number of aromatic hydroxyl groups is 1. The van der Waals surface area contributed by atoms with Crippen molar-refractivity contribution in [2.24, 2.45) is 0 Å². The third-order valence-electron chi connectivity index (χ3n) is 7.17. The third-order valence-corrected chi connectivity index (χ3v) is 7.17. The van der Waals surface area contributed by atoms with Crippen LogP contribution in [-0.2, 0) is 12.8 Å². The second kappa shape index (κ2) is 8.97. The fourth-order valence-electron chi connectivity index (χ4n) is 5.42. The van der Waals surface area contributed by atoms with Crippen molar-refractivity contribution in [3.8, 4) is 5.75 Å². The molecule has 176 valence electrons. The summed E-state index contributed by atoms with van der Waals surface area (Å²) in [5, 5.41) is 17.3. The Bertz CT molecular complexity index is 1750. The van der Waals surface area contributed by atoms with Crippen molar-refractivity contribution in [3.05, 3.63) is 128 Å². The molecule has 0 aliphatic heterocycles. The molecule has 6 rings (SSSR count). The molecule has 0 aromatic heterocycles. The van der Waals surface area contributed by atoms with Gasteiger partial charge < -0.3 is 10.4 Å². The number of phenols is 1. The molecule has 0 unspecified atom stereocenters. The van der Waals surface area contributed by atoms with E-state index in [2.05, 4.69) is 47.8 Å². The predicted molar refractivity (Wildman–Crippen MR) is 141 cm³/mol. The molecule has 0 spiro atoms. The number of anilines is 1. The molecule has 4 nitrogen and oxygen atoms in total. The molecule has 2 aliphatic carbocycles. The molecule has 0 saturated carbocycles. The van der Waals surface area contributed by atoms with E-state index < -0.39 is 0 Å². The number of nitrogens with one attached hydrogen (secondary N) is 1. The Labute approximate surface area is 208 Å². The molecule has 2 N–H and O–H groups in total. The van der Waals surface area contributed by atoms with Crippen LogP contribution in [0.15, 0.2) is 84.9 Å². The number of carbonyl (C=O) groups excluding carboxylic acids is 2. The first-order valence-electron chi connectivity index (χ1n) is 12.3. The Kier molecular flexibility index (Phi) is 5.49. The molecule has 4 heteroatoms. The maximum atomic E-state index is 13.6. The van der Waals surface area contributed by atoms with Crippen molar-refractivity contribution in [2.45, 2.75) is 25.7 Å². The van der Waals surface area contributed by atoms with Gasteiger partial charge in [0.25, 0.3) is 5.91 Å². The van der Waals surface area contributed by atoms with E-state index in [0.717, 1.165) is 36.5 Å². The molecule has 0 atom stereocenters. The summed E-state index contributed by atoms with van der Waals surface area (Å²) in [5.74, 6) is -0.234. The van der Waals surface area contributed by atoms with Crippen LogP contribution in [0.1, 0.15) is 44.7 Å². The highest BCUT2D eigenvalue weighted by Gasteiger charge is 2.21. The molecule has 0 fully saturated rings. The molecule has 36 heavy (non-hydrogen) atoms. The van der Waals surface area contributed by atoms with E-state index in [4.69, 9.17) is 0 Å². The number of fused-ring (bicyclic) bond motifs is 4. The Morgan fingerprint density at radius 1 is 0.722 bits per heavy atom. The van der Waals surface area contributed by atoms with E-state index in [-0.39, 0.29) is 17.4 Å². The van der Waals surface area contributed by atoms with Crippen LogP contribution in [0.5, 0.6) is 5.75 Å². The zero-order valence-electron chi connectivity index (χ0n) is 19.8. The first-order chi connectivity index (χ1) is 17.6. The number of hydrogen-bond donors (Lipinski definition) is 2. The lowest BCUT2D eigenvalue weighted by molar-refractivity contribution is 0.102. The van der Waals surface area contributed by atoms with Crippen molar-refractivity contribution in [3.63, 3.8) is 0 Å². The minimum absolute atomic E-state index is 0.0387. The van der Waals surface area contributed by atoms with Gasteiger partial charge in [-0.3, -0.25) is 9.59 Å². The van der Waals surface area contributed by atoms with Crippen LogP contribution in [0.3, 0.4) is 0 Å². The fraction of sp³-hybridized carbons (Fsp3) is 0.125. The van der Waals surface area contributed by atoms with Crippen LogP contribution < -0.4 is 15.8 Å². The molecular formula is C32H25NO3. The molecule has 0 radical (unpaired) electrons. The lowest BCUT2D eigenvalue weighted by Gasteiger charge is -2.20. The number of rotatable bonds is 4. The third kappa shape index (κ3) is 3.91. The largest absolute Gasteiger partial charge is 0.508 e. The van der Waals surface area contributed by atoms with Gasteiger partial charge in [-0.25, -0.2) is 0 Å². The zero-order chi connectivity index (χ0) is 24.6. The minimum atomic E-state index is -0.316. The van der Waals surface area contributed by atoms with Gasteiger partial charge in [0.15, 0.2) is 5.78 Å². The molecule has 4 aromatic carbocycles. The van der Waals surface area contributed by atoms with Crippen molar-refractivity contribution < 1.29 is 14.7 Å². The van der Waals surface area contributed by atoms with Crippen molar-refractivity contribution in [1.29, 1.82) is 0 Å². The summed E-state index contributed by atoms with van der Waals surface area (Å²) < 4.78 is 0. The normalized spacial score (nSPS) is 13.6. The van der Waals surface area contributed by atoms with Gasteiger partial charge in [-0.2, -0.15) is 0 Å². The predicted octanol–water partition coefficient (Wildman–Crippen LogP) is 4.64. The number of amides is 1. The van der Waals surface area contributed by atoms with Gasteiger partial charge in [0.2, 0.25) is 0 Å². The standard InChI is InChI=1S/C32H25NO3/c34-24-7-3-6-22(19-24)32(36)33-23-14-11-21(12-15-23)31(35)30-10-4-9-26-28-16-13-20-5-1-2-8-25(20)27(28)17-18-29(26)30/h1-3,5-8,11-15,17-19,34H,4,9-10,16H2,(H,33,36). The lowest BCUT2D eigenvalue weighted by atomic mass is 9.84. The van der Waals surface area contributed by atoms with Crippen LogP contribution in [0.25, 0.3) is 11.6 Å². The Morgan fingerprint density at radius 3 is 2.36 bits per heavy atom. The molecule has 1 amide bonds. The number of hydrogen-bond acceptors (Lipinski definition) is 3. The highest BCUT2D eigenvalue weighted by atomic mass is 16.3. The van der Waals surface area contributed by atoms with Gasteiger partial charge in [0.05, 0.1) is 0 Å². The van der Waals surface area contributed by atoms with Crippen LogP contribution in [-0.4, -0.2) is 16.8 Å². The minimum Gasteiger partial charge on any atom is -0.508 e. The highest BCUT2D eigenvalue weighted by molar-refractivity contribution is 6.24. The average molecular weight is 472 g/mol. The van der Waals surface area contributed by atoms with Crippen LogP contribution in [0.4, 0.5) is 5.69 Å². The Balaban J connectivity index is 1.33. The molecule has 4 aromatic rings. The van der Waals surface area contributed by atoms with E-state index in [1.165, 1.54) is 38.9 Å². The number of carbonyl (C=O) groups is 2. The van der Waals surface area contributed by atoms with Gasteiger partial charge in [0, 0.05) is 22.4 Å². The fourth-order valence-corrected chi connectivity index (χ4v) is 5.42. The second-order valence-electron chi connectivity index (χ2n) is 9.36. The van der Waals surface area contributed by atoms with Gasteiger partial charge >= 0.3 is 0 Å². The van der Waals surface area contributed by atoms with E-state index >= 15 is 0 Å². The highest BCUT2D eigenvalue weighted by Crippen LogP contribution is 2.24. The van der Waals surface area contributed by atoms with Crippen molar-refractivity contribution in [1.82, 2.24) is 0 Å². The van der Waals surface area contributed by atoms with E-state index in [9.17, 15) is 14.7 Å². The number of phenolic OH excluding ortho intramolecular Hbond substituents is 1. The van der Waals surface area contributed by atoms with Crippen LogP contribution in [0, 0.1) is 10.4 Å². The molecule has 0 bridgehead atoms. The summed E-state index contributed by atoms with van der Waals surface area (Å²) in [7, 11) is 0. The molecule has 0 heterocycles. The lowest BCUT2D eigenvalue weighted by Crippen LogP contribution is -2.25. The maximum absolute atomic E-state index is 13.6. The van der Waals surface area contributed by atoms with E-state index in [0.29, 0.717) is 16.8 Å². The summed E-state index contributed by atoms with van der Waals surface area (Å²) in [4.78, 5) is 26.0. The topological polar surface area (TPSA) is 66.4 Å². The Hall–Kier alpha value is -4.44. The van der Waals surface area contributed by atoms with Crippen LogP contribution >= 0.6 is 0 Å². The van der Waals surface area contributed by atoms with E-state index in [1.54, 1.807) is 36.4 Å². The zero-order valence-corrected chi connectivity index (χ0v) is 19.8. The van der Waals surface area contributed by atoms with Crippen LogP contribution in [0.2, 0.25) is 0 Å². The van der Waals surface area contributed by atoms with Gasteiger partial charge in [-0.05, 0) is 100 Å². The van der Waals surface area contributed by atoms with Crippen molar-refractivity contribution >= 4 is 29.0 Å². The quantitative estimate of drug-likeness (QED) is 0.426. The number of ketones is 1. The monoisotopic (exact) mass is 471 g/mol. The summed E-state index contributed by atoms with van der Waals surface area (Å²) in [5.41, 5.74) is 5.10. The van der Waals surface area contributed by atoms with Gasteiger partial charge in [0.1, 0.15) is 5.75 Å². The average Bonchev–Trinajstić information content (AvgIpc) is 2.92. The molecular weight excluding hydrogens is 446 g/mol. The summed E-state index contributed by atoms with van der Waals surface area (Å²) in [6.45, 7) is 0. The van der Waals surface area contributed by atoms with Crippen molar-refractivity contribution in [2.75, 3.05) is 5.32 Å². The van der Waals surface area contributed by atoms with E-state index in [1.807, 2.05) is 0 Å². The first-order valence-corrected chi connectivity index (χ1v) is 12.3. The molecule has 0 saturated heterocycles. The number of benzene rings is 4.